The van der Waals surface area contributed by atoms with Gasteiger partial charge in [-0.3, -0.25) is 9.48 Å². The van der Waals surface area contributed by atoms with E-state index in [1.165, 1.54) is 0 Å². The lowest BCUT2D eigenvalue weighted by molar-refractivity contribution is -0.134. The number of nitrogens with zero attached hydrogens (tertiary/aromatic N) is 3. The van der Waals surface area contributed by atoms with Crippen LogP contribution in [0.1, 0.15) is 46.9 Å². The lowest BCUT2D eigenvalue weighted by Gasteiger charge is -2.32. The molecule has 0 spiro atoms. The third kappa shape index (κ3) is 2.82. The van der Waals surface area contributed by atoms with E-state index in [4.69, 9.17) is 16.3 Å². The summed E-state index contributed by atoms with van der Waals surface area (Å²) >= 11 is 6.22. The maximum absolute atomic E-state index is 13.1. The Kier molecular flexibility index (Phi) is 3.94. The second-order valence-electron chi connectivity index (χ2n) is 8.91. The Labute approximate surface area is 178 Å². The highest BCUT2D eigenvalue weighted by molar-refractivity contribution is 6.32. The number of carbonyl (C=O) groups is 2. The molecular formula is C22H22ClN3O4. The number of aromatic nitrogens is 2. The third-order valence-corrected chi connectivity index (χ3v) is 7.42. The number of halogens is 1. The molecule has 30 heavy (non-hydrogen) atoms. The average Bonchev–Trinajstić information content (AvgIpc) is 3.61. The summed E-state index contributed by atoms with van der Waals surface area (Å²) in [7, 11) is 0. The molecule has 7 nitrogen and oxygen atoms in total. The summed E-state index contributed by atoms with van der Waals surface area (Å²) in [5.41, 5.74) is 1.96. The zero-order chi connectivity index (χ0) is 20.6. The number of aromatic carboxylic acids is 1. The zero-order valence-electron chi connectivity index (χ0n) is 16.3. The van der Waals surface area contributed by atoms with Crippen LogP contribution < -0.4 is 4.74 Å². The third-order valence-electron chi connectivity index (χ3n) is 7.11. The fourth-order valence-electron chi connectivity index (χ4n) is 5.46. The molecule has 4 aliphatic rings. The van der Waals surface area contributed by atoms with Gasteiger partial charge in [0, 0.05) is 36.2 Å². The van der Waals surface area contributed by atoms with Gasteiger partial charge in [-0.2, -0.15) is 5.10 Å². The molecule has 0 radical (unpaired) electrons. The van der Waals surface area contributed by atoms with E-state index in [2.05, 4.69) is 5.10 Å². The molecule has 8 heteroatoms. The predicted octanol–water partition coefficient (Wildman–Crippen LogP) is 2.96. The molecular weight excluding hydrogens is 406 g/mol. The van der Waals surface area contributed by atoms with Crippen molar-refractivity contribution >= 4 is 23.5 Å². The Morgan fingerprint density at radius 3 is 2.90 bits per heavy atom. The van der Waals surface area contributed by atoms with Crippen LogP contribution in [-0.4, -0.2) is 50.4 Å². The number of fused-ring (bicyclic) bond motifs is 4. The molecule has 2 aromatic rings. The number of likely N-dealkylation sites (tertiary alicyclic amines) is 1. The summed E-state index contributed by atoms with van der Waals surface area (Å²) in [5.74, 6) is 0.917. The van der Waals surface area contributed by atoms with E-state index in [0.717, 1.165) is 36.9 Å². The molecule has 1 aromatic carbocycles. The standard InChI is InChI=1S/C22H22ClN3O4/c23-14-3-1-2-4-18(14)30-17-5-6-25(15-9-13(15)17)19(27)10-26-16-8-11-7-12(11)20(16)21(24-26)22(28)29/h1-4,11-13,15,17H,5-10H2,(H,28,29). The van der Waals surface area contributed by atoms with E-state index in [0.29, 0.717) is 35.1 Å². The number of hydrogen-bond acceptors (Lipinski definition) is 4. The van der Waals surface area contributed by atoms with Crippen molar-refractivity contribution in [3.63, 3.8) is 0 Å². The first kappa shape index (κ1) is 18.2. The average molecular weight is 428 g/mol. The van der Waals surface area contributed by atoms with Gasteiger partial charge in [0.05, 0.1) is 5.02 Å². The van der Waals surface area contributed by atoms with Crippen LogP contribution in [0.15, 0.2) is 24.3 Å². The highest BCUT2D eigenvalue weighted by atomic mass is 35.5. The summed E-state index contributed by atoms with van der Waals surface area (Å²) < 4.78 is 7.79. The van der Waals surface area contributed by atoms with Gasteiger partial charge in [-0.1, -0.05) is 23.7 Å². The van der Waals surface area contributed by atoms with Gasteiger partial charge in [-0.05, 0) is 43.2 Å². The van der Waals surface area contributed by atoms with Crippen LogP contribution in [0.4, 0.5) is 0 Å². The minimum absolute atomic E-state index is 0.0153. The molecule has 1 aromatic heterocycles. The number of carboxylic acids is 1. The Balaban J connectivity index is 1.14. The Morgan fingerprint density at radius 1 is 1.27 bits per heavy atom. The predicted molar refractivity (Wildman–Crippen MR) is 108 cm³/mol. The number of amides is 1. The summed E-state index contributed by atoms with van der Waals surface area (Å²) in [5, 5.41) is 14.4. The zero-order valence-corrected chi connectivity index (χ0v) is 17.1. The fourth-order valence-corrected chi connectivity index (χ4v) is 5.64. The van der Waals surface area contributed by atoms with Gasteiger partial charge >= 0.3 is 5.97 Å². The molecule has 3 aliphatic carbocycles. The minimum atomic E-state index is -0.996. The highest BCUT2D eigenvalue weighted by Crippen LogP contribution is 2.57. The van der Waals surface area contributed by atoms with Crippen molar-refractivity contribution in [3.8, 4) is 5.75 Å². The van der Waals surface area contributed by atoms with Crippen molar-refractivity contribution in [2.24, 2.45) is 11.8 Å². The summed E-state index contributed by atoms with van der Waals surface area (Å²) in [6.45, 7) is 0.754. The van der Waals surface area contributed by atoms with Gasteiger partial charge in [0.15, 0.2) is 5.69 Å². The molecule has 156 valence electrons. The van der Waals surface area contributed by atoms with Gasteiger partial charge in [-0.15, -0.1) is 0 Å². The van der Waals surface area contributed by atoms with Gasteiger partial charge in [0.25, 0.3) is 0 Å². The summed E-state index contributed by atoms with van der Waals surface area (Å²) in [6.07, 6.45) is 3.66. The van der Waals surface area contributed by atoms with E-state index in [-0.39, 0.29) is 30.3 Å². The number of rotatable bonds is 5. The maximum atomic E-state index is 13.1. The van der Waals surface area contributed by atoms with Gasteiger partial charge in [0.1, 0.15) is 18.4 Å². The summed E-state index contributed by atoms with van der Waals surface area (Å²) in [6, 6.07) is 7.66. The maximum Gasteiger partial charge on any atom is 0.356 e. The molecule has 1 saturated heterocycles. The van der Waals surface area contributed by atoms with Crippen molar-refractivity contribution in [1.82, 2.24) is 14.7 Å². The highest BCUT2D eigenvalue weighted by Gasteiger charge is 2.53. The minimum Gasteiger partial charge on any atom is -0.488 e. The fraction of sp³-hybridized carbons (Fsp3) is 0.500. The summed E-state index contributed by atoms with van der Waals surface area (Å²) in [4.78, 5) is 26.6. The van der Waals surface area contributed by atoms with Crippen molar-refractivity contribution in [2.45, 2.75) is 50.3 Å². The number of ether oxygens (including phenoxy) is 1. The molecule has 2 heterocycles. The second kappa shape index (κ2) is 6.48. The smallest absolute Gasteiger partial charge is 0.356 e. The number of benzene rings is 1. The number of para-hydroxylation sites is 1. The van der Waals surface area contributed by atoms with Gasteiger partial charge in [-0.25, -0.2) is 4.79 Å². The monoisotopic (exact) mass is 427 g/mol. The molecule has 1 amide bonds. The van der Waals surface area contributed by atoms with Gasteiger partial charge in [0.2, 0.25) is 5.91 Å². The van der Waals surface area contributed by atoms with Crippen LogP contribution in [0.5, 0.6) is 5.75 Å². The van der Waals surface area contributed by atoms with Crippen molar-refractivity contribution in [3.05, 3.63) is 46.2 Å². The lowest BCUT2D eigenvalue weighted by Crippen LogP contribution is -2.44. The van der Waals surface area contributed by atoms with Crippen LogP contribution in [-0.2, 0) is 17.8 Å². The molecule has 6 rings (SSSR count). The van der Waals surface area contributed by atoms with Crippen LogP contribution in [0, 0.1) is 11.8 Å². The normalized spacial score (nSPS) is 30.3. The Bertz CT molecular complexity index is 1070. The van der Waals surface area contributed by atoms with E-state index in [1.54, 1.807) is 4.68 Å². The van der Waals surface area contributed by atoms with E-state index in [9.17, 15) is 14.7 Å². The first-order valence-electron chi connectivity index (χ1n) is 10.5. The van der Waals surface area contributed by atoms with Crippen LogP contribution in [0.3, 0.4) is 0 Å². The van der Waals surface area contributed by atoms with Crippen molar-refractivity contribution in [2.75, 3.05) is 6.54 Å². The quantitative estimate of drug-likeness (QED) is 0.793. The van der Waals surface area contributed by atoms with Crippen LogP contribution in [0.2, 0.25) is 5.02 Å². The molecule has 5 unspecified atom stereocenters. The van der Waals surface area contributed by atoms with E-state index < -0.39 is 5.97 Å². The second-order valence-corrected chi connectivity index (χ2v) is 9.31. The van der Waals surface area contributed by atoms with Crippen LogP contribution >= 0.6 is 11.6 Å². The van der Waals surface area contributed by atoms with E-state index in [1.807, 2.05) is 29.2 Å². The van der Waals surface area contributed by atoms with Crippen molar-refractivity contribution < 1.29 is 19.4 Å². The number of carbonyl (C=O) groups excluding carboxylic acids is 1. The molecule has 1 aliphatic heterocycles. The van der Waals surface area contributed by atoms with Gasteiger partial charge < -0.3 is 14.7 Å². The van der Waals surface area contributed by atoms with E-state index >= 15 is 0 Å². The molecule has 0 bridgehead atoms. The van der Waals surface area contributed by atoms with Crippen LogP contribution in [0.25, 0.3) is 0 Å². The molecule has 5 atom stereocenters. The first-order valence-corrected chi connectivity index (χ1v) is 10.9. The largest absolute Gasteiger partial charge is 0.488 e. The Hall–Kier alpha value is -2.54. The number of carboxylic acid groups (broad SMARTS) is 1. The Morgan fingerprint density at radius 2 is 2.10 bits per heavy atom. The lowest BCUT2D eigenvalue weighted by atomic mass is 10.1. The topological polar surface area (TPSA) is 84.7 Å². The molecule has 2 saturated carbocycles. The first-order chi connectivity index (χ1) is 14.5. The van der Waals surface area contributed by atoms with Crippen molar-refractivity contribution in [1.29, 1.82) is 0 Å². The molecule has 1 N–H and O–H groups in total. The number of hydrogen-bond donors (Lipinski definition) is 1. The molecule has 3 fully saturated rings. The SMILES string of the molecule is O=C(O)c1nn(CC(=O)N2CCC(Oc3ccccc3Cl)C3CC32)c2c1C1CC1C2. The number of piperidine rings is 1.